The normalized spacial score (nSPS) is 12.9. The van der Waals surface area contributed by atoms with Crippen molar-refractivity contribution in [1.82, 2.24) is 4.31 Å². The van der Waals surface area contributed by atoms with Crippen LogP contribution in [0.4, 0.5) is 8.78 Å². The second-order valence-electron chi connectivity index (χ2n) is 5.37. The molecule has 0 saturated heterocycles. The van der Waals surface area contributed by atoms with Gasteiger partial charge in [0.25, 0.3) is 0 Å². The fraction of sp³-hybridized carbons (Fsp3) is 0.538. The quantitative estimate of drug-likeness (QED) is 0.874. The highest BCUT2D eigenvalue weighted by atomic mass is 32.2. The molecular formula is C13H20F2N2O2S. The third-order valence-corrected chi connectivity index (χ3v) is 4.98. The molecule has 1 rings (SSSR count). The van der Waals surface area contributed by atoms with E-state index in [1.165, 1.54) is 0 Å². The predicted molar refractivity (Wildman–Crippen MR) is 73.6 cm³/mol. The molecule has 0 amide bonds. The monoisotopic (exact) mass is 306 g/mol. The Kier molecular flexibility index (Phi) is 5.23. The molecule has 2 N–H and O–H groups in total. The summed E-state index contributed by atoms with van der Waals surface area (Å²) in [4.78, 5) is -0.520. The number of sulfonamides is 1. The van der Waals surface area contributed by atoms with Crippen molar-refractivity contribution in [2.24, 2.45) is 11.1 Å². The van der Waals surface area contributed by atoms with Crippen molar-refractivity contribution >= 4 is 10.0 Å². The van der Waals surface area contributed by atoms with Gasteiger partial charge in [0.2, 0.25) is 10.0 Å². The van der Waals surface area contributed by atoms with Gasteiger partial charge < -0.3 is 5.73 Å². The molecule has 0 heterocycles. The summed E-state index contributed by atoms with van der Waals surface area (Å²) in [6.07, 6.45) is 0. The summed E-state index contributed by atoms with van der Waals surface area (Å²) in [5.41, 5.74) is 5.16. The van der Waals surface area contributed by atoms with Crippen LogP contribution >= 0.6 is 0 Å². The number of nitrogens with two attached hydrogens (primary N) is 1. The molecule has 20 heavy (non-hydrogen) atoms. The van der Waals surface area contributed by atoms with Crippen LogP contribution in [0.5, 0.6) is 0 Å². The van der Waals surface area contributed by atoms with Crippen molar-refractivity contribution < 1.29 is 17.2 Å². The molecule has 1 aromatic rings. The second-order valence-corrected chi connectivity index (χ2v) is 7.28. The van der Waals surface area contributed by atoms with Crippen LogP contribution in [-0.2, 0) is 10.0 Å². The Morgan fingerprint density at radius 3 is 2.35 bits per heavy atom. The van der Waals surface area contributed by atoms with Gasteiger partial charge in [0.15, 0.2) is 0 Å². The van der Waals surface area contributed by atoms with Crippen LogP contribution in [0.2, 0.25) is 0 Å². The Morgan fingerprint density at radius 1 is 1.30 bits per heavy atom. The number of benzene rings is 1. The van der Waals surface area contributed by atoms with Gasteiger partial charge in [-0.05, 0) is 24.1 Å². The van der Waals surface area contributed by atoms with Crippen LogP contribution in [-0.4, -0.2) is 32.4 Å². The van der Waals surface area contributed by atoms with Crippen molar-refractivity contribution in [3.63, 3.8) is 0 Å². The number of nitrogens with zero attached hydrogens (tertiary/aromatic N) is 1. The zero-order valence-electron chi connectivity index (χ0n) is 11.9. The Hall–Kier alpha value is -1.05. The SMILES string of the molecule is CCN(CC(C)(C)CN)S(=O)(=O)c1ccc(F)cc1F. The Labute approximate surface area is 118 Å². The summed E-state index contributed by atoms with van der Waals surface area (Å²) in [5.74, 6) is -1.90. The second kappa shape index (κ2) is 6.15. The van der Waals surface area contributed by atoms with E-state index < -0.39 is 32.0 Å². The van der Waals surface area contributed by atoms with E-state index in [-0.39, 0.29) is 13.1 Å². The maximum Gasteiger partial charge on any atom is 0.245 e. The minimum atomic E-state index is -4.01. The van der Waals surface area contributed by atoms with Crippen molar-refractivity contribution in [1.29, 1.82) is 0 Å². The lowest BCUT2D eigenvalue weighted by Gasteiger charge is -2.30. The lowest BCUT2D eigenvalue weighted by molar-refractivity contribution is 0.272. The first kappa shape index (κ1) is 17.0. The van der Waals surface area contributed by atoms with Gasteiger partial charge in [-0.15, -0.1) is 0 Å². The van der Waals surface area contributed by atoms with Gasteiger partial charge in [0.1, 0.15) is 16.5 Å². The van der Waals surface area contributed by atoms with Gasteiger partial charge >= 0.3 is 0 Å². The standard InChI is InChI=1S/C13H20F2N2O2S/c1-4-17(9-13(2,3)8-16)20(18,19)12-6-5-10(14)7-11(12)15/h5-7H,4,8-9,16H2,1-3H3. The van der Waals surface area contributed by atoms with Crippen molar-refractivity contribution in [3.05, 3.63) is 29.8 Å². The van der Waals surface area contributed by atoms with Crippen molar-refractivity contribution in [3.8, 4) is 0 Å². The van der Waals surface area contributed by atoms with Gasteiger partial charge in [0, 0.05) is 19.2 Å². The first-order valence-electron chi connectivity index (χ1n) is 6.29. The molecule has 0 aliphatic carbocycles. The summed E-state index contributed by atoms with van der Waals surface area (Å²) >= 11 is 0. The summed E-state index contributed by atoms with van der Waals surface area (Å²) in [6.45, 7) is 5.95. The zero-order chi connectivity index (χ0) is 15.6. The van der Waals surface area contributed by atoms with E-state index >= 15 is 0 Å². The number of rotatable bonds is 6. The highest BCUT2D eigenvalue weighted by Crippen LogP contribution is 2.24. The average molecular weight is 306 g/mol. The minimum absolute atomic E-state index is 0.166. The molecule has 7 heteroatoms. The van der Waals surface area contributed by atoms with Crippen LogP contribution in [0.1, 0.15) is 20.8 Å². The molecule has 0 radical (unpaired) electrons. The van der Waals surface area contributed by atoms with Gasteiger partial charge in [-0.3, -0.25) is 0 Å². The summed E-state index contributed by atoms with van der Waals surface area (Å²) in [6, 6.07) is 2.44. The molecule has 0 aromatic heterocycles. The highest BCUT2D eigenvalue weighted by Gasteiger charge is 2.31. The van der Waals surface area contributed by atoms with Crippen molar-refractivity contribution in [2.45, 2.75) is 25.7 Å². The smallest absolute Gasteiger partial charge is 0.245 e. The predicted octanol–water partition coefficient (Wildman–Crippen LogP) is 1.96. The molecule has 0 unspecified atom stereocenters. The zero-order valence-corrected chi connectivity index (χ0v) is 12.7. The van der Waals surface area contributed by atoms with Crippen molar-refractivity contribution in [2.75, 3.05) is 19.6 Å². The number of hydrogen-bond donors (Lipinski definition) is 1. The van der Waals surface area contributed by atoms with Crippen LogP contribution in [0.3, 0.4) is 0 Å². The van der Waals surface area contributed by atoms with E-state index in [2.05, 4.69) is 0 Å². The molecule has 0 fully saturated rings. The molecule has 0 atom stereocenters. The maximum atomic E-state index is 13.7. The van der Waals surface area contributed by atoms with E-state index in [0.29, 0.717) is 12.6 Å². The third-order valence-electron chi connectivity index (χ3n) is 3.02. The largest absolute Gasteiger partial charge is 0.330 e. The minimum Gasteiger partial charge on any atom is -0.330 e. The molecule has 0 saturated carbocycles. The first-order chi connectivity index (χ1) is 9.14. The molecule has 0 aliphatic rings. The molecule has 0 spiro atoms. The van der Waals surface area contributed by atoms with E-state index in [4.69, 9.17) is 5.73 Å². The van der Waals surface area contributed by atoms with Gasteiger partial charge in [-0.1, -0.05) is 20.8 Å². The molecule has 0 bridgehead atoms. The van der Waals surface area contributed by atoms with Crippen LogP contribution in [0.25, 0.3) is 0 Å². The Bertz CT molecular complexity index is 574. The van der Waals surface area contributed by atoms with E-state index in [0.717, 1.165) is 16.4 Å². The fourth-order valence-corrected chi connectivity index (χ4v) is 3.42. The molecule has 1 aromatic carbocycles. The molecular weight excluding hydrogens is 286 g/mol. The van der Waals surface area contributed by atoms with E-state index in [9.17, 15) is 17.2 Å². The summed E-state index contributed by atoms with van der Waals surface area (Å²) < 4.78 is 52.5. The summed E-state index contributed by atoms with van der Waals surface area (Å²) in [7, 11) is -4.01. The van der Waals surface area contributed by atoms with E-state index in [1.54, 1.807) is 6.92 Å². The molecule has 0 aliphatic heterocycles. The third kappa shape index (κ3) is 3.74. The Morgan fingerprint density at radius 2 is 1.90 bits per heavy atom. The molecule has 114 valence electrons. The lowest BCUT2D eigenvalue weighted by atomic mass is 9.94. The topological polar surface area (TPSA) is 63.4 Å². The van der Waals surface area contributed by atoms with E-state index in [1.807, 2.05) is 13.8 Å². The van der Waals surface area contributed by atoms with Gasteiger partial charge in [-0.2, -0.15) is 4.31 Å². The van der Waals surface area contributed by atoms with Crippen LogP contribution < -0.4 is 5.73 Å². The molecule has 4 nitrogen and oxygen atoms in total. The lowest BCUT2D eigenvalue weighted by Crippen LogP contribution is -2.42. The van der Waals surface area contributed by atoms with Gasteiger partial charge in [0.05, 0.1) is 0 Å². The highest BCUT2D eigenvalue weighted by molar-refractivity contribution is 7.89. The fourth-order valence-electron chi connectivity index (χ4n) is 1.73. The number of hydrogen-bond acceptors (Lipinski definition) is 3. The van der Waals surface area contributed by atoms with Gasteiger partial charge in [-0.25, -0.2) is 17.2 Å². The first-order valence-corrected chi connectivity index (χ1v) is 7.73. The summed E-state index contributed by atoms with van der Waals surface area (Å²) in [5, 5.41) is 0. The average Bonchev–Trinajstić information content (AvgIpc) is 2.35. The Balaban J connectivity index is 3.19. The number of halogens is 2. The van der Waals surface area contributed by atoms with Crippen LogP contribution in [0.15, 0.2) is 23.1 Å². The van der Waals surface area contributed by atoms with Crippen LogP contribution in [0, 0.1) is 17.0 Å². The maximum absolute atomic E-state index is 13.7.